The van der Waals surface area contributed by atoms with E-state index in [-0.39, 0.29) is 34.9 Å². The molecule has 1 aromatic heterocycles. The van der Waals surface area contributed by atoms with Crippen LogP contribution < -0.4 is 27.6 Å². The maximum Gasteiger partial charge on any atom is 0.416 e. The van der Waals surface area contributed by atoms with Crippen LogP contribution in [0.4, 0.5) is 13.2 Å². The van der Waals surface area contributed by atoms with Gasteiger partial charge in [-0.05, 0) is 63.4 Å². The number of halogens is 3. The number of hydrogen-bond donors (Lipinski definition) is 2. The molecule has 9 heteroatoms. The molecule has 3 N–H and O–H groups in total. The van der Waals surface area contributed by atoms with Crippen LogP contribution in [-0.4, -0.2) is 33.7 Å². The Morgan fingerprint density at radius 3 is 2.29 bits per heavy atom. The van der Waals surface area contributed by atoms with Crippen LogP contribution in [0.15, 0.2) is 45.0 Å². The Labute approximate surface area is 195 Å². The number of benzene rings is 1. The van der Waals surface area contributed by atoms with Crippen molar-refractivity contribution >= 4 is 11.8 Å². The summed E-state index contributed by atoms with van der Waals surface area (Å²) in [6.07, 6.45) is -1.23. The van der Waals surface area contributed by atoms with Gasteiger partial charge in [0.25, 0.3) is 0 Å². The van der Waals surface area contributed by atoms with E-state index in [1.165, 1.54) is 13.8 Å². The average Bonchev–Trinajstić information content (AvgIpc) is 3.28. The lowest BCUT2D eigenvalue weighted by Gasteiger charge is -2.16. The van der Waals surface area contributed by atoms with Crippen LogP contribution in [0.2, 0.25) is 0 Å². The number of hydrogen-bond acceptors (Lipinski definition) is 4. The van der Waals surface area contributed by atoms with Gasteiger partial charge in [0, 0.05) is 12.2 Å². The lowest BCUT2D eigenvalue weighted by Crippen LogP contribution is -2.54. The predicted molar refractivity (Wildman–Crippen MR) is 127 cm³/mol. The Hall–Kier alpha value is -3.07. The van der Waals surface area contributed by atoms with Crippen LogP contribution >= 0.6 is 0 Å². The van der Waals surface area contributed by atoms with E-state index in [0.717, 1.165) is 48.7 Å². The molecule has 184 valence electrons. The van der Waals surface area contributed by atoms with Crippen molar-refractivity contribution in [2.24, 2.45) is 5.73 Å². The predicted octanol–water partition coefficient (Wildman–Crippen LogP) is 2.34. The number of allylic oxidation sites excluding steroid dienone is 2. The smallest absolute Gasteiger partial charge is 0.401 e. The molecule has 0 radical (unpaired) electrons. The van der Waals surface area contributed by atoms with E-state index < -0.39 is 22.9 Å². The van der Waals surface area contributed by atoms with Crippen LogP contribution in [0, 0.1) is 0 Å². The van der Waals surface area contributed by atoms with Crippen molar-refractivity contribution in [1.29, 1.82) is 0 Å². The highest BCUT2D eigenvalue weighted by atomic mass is 19.4. The highest BCUT2D eigenvalue weighted by molar-refractivity contribution is 5.52. The summed E-state index contributed by atoms with van der Waals surface area (Å²) in [4.78, 5) is 29.9. The third-order valence-electron chi connectivity index (χ3n) is 6.13. The number of likely N-dealkylation sites (tertiary alicyclic amines) is 1. The summed E-state index contributed by atoms with van der Waals surface area (Å²) in [7, 11) is 0. The summed E-state index contributed by atoms with van der Waals surface area (Å²) in [5, 5.41) is -0.0712. The van der Waals surface area contributed by atoms with Gasteiger partial charge in [0.2, 0.25) is 0 Å². The van der Waals surface area contributed by atoms with Crippen molar-refractivity contribution in [2.75, 3.05) is 13.1 Å². The second kappa shape index (κ2) is 10.5. The number of nitrogens with two attached hydrogens (primary N) is 1. The number of aromatic nitrogens is 2. The molecule has 1 saturated heterocycles. The molecule has 0 spiro atoms. The second-order valence-corrected chi connectivity index (χ2v) is 8.78. The van der Waals surface area contributed by atoms with Crippen molar-refractivity contribution in [1.82, 2.24) is 14.5 Å². The van der Waals surface area contributed by atoms with E-state index in [4.69, 9.17) is 5.73 Å². The van der Waals surface area contributed by atoms with Gasteiger partial charge in [0.15, 0.2) is 0 Å². The third-order valence-corrected chi connectivity index (χ3v) is 6.13. The molecule has 1 aliphatic rings. The zero-order chi connectivity index (χ0) is 25.0. The Bertz CT molecular complexity index is 1310. The van der Waals surface area contributed by atoms with Crippen molar-refractivity contribution in [3.05, 3.63) is 77.9 Å². The molecule has 0 unspecified atom stereocenters. The van der Waals surface area contributed by atoms with Gasteiger partial charge in [0.1, 0.15) is 0 Å². The number of nitrogens with one attached hydrogen (secondary N) is 1. The van der Waals surface area contributed by atoms with Crippen molar-refractivity contribution in [3.63, 3.8) is 0 Å². The summed E-state index contributed by atoms with van der Waals surface area (Å²) in [5.41, 5.74) is 5.16. The molecule has 34 heavy (non-hydrogen) atoms. The zero-order valence-electron chi connectivity index (χ0n) is 19.8. The summed E-state index contributed by atoms with van der Waals surface area (Å²) in [6, 6.07) is 7.55. The van der Waals surface area contributed by atoms with E-state index >= 15 is 0 Å². The summed E-state index contributed by atoms with van der Waals surface area (Å²) >= 11 is 0. The van der Waals surface area contributed by atoms with Crippen LogP contribution in [-0.2, 0) is 13.1 Å². The molecule has 1 aromatic carbocycles. The molecule has 1 fully saturated rings. The fourth-order valence-electron chi connectivity index (χ4n) is 4.19. The molecular formula is C25H31F3N4O2. The Kier molecular flexibility index (Phi) is 7.86. The highest BCUT2D eigenvalue weighted by Crippen LogP contribution is 2.30. The van der Waals surface area contributed by atoms with E-state index in [9.17, 15) is 22.8 Å². The summed E-state index contributed by atoms with van der Waals surface area (Å²) < 4.78 is 42.7. The van der Waals surface area contributed by atoms with Gasteiger partial charge in [-0.1, -0.05) is 36.8 Å². The van der Waals surface area contributed by atoms with E-state index in [2.05, 4.69) is 9.88 Å². The van der Waals surface area contributed by atoms with Gasteiger partial charge in [0.05, 0.1) is 22.8 Å². The molecule has 0 amide bonds. The number of alkyl halides is 3. The lowest BCUT2D eigenvalue weighted by molar-refractivity contribution is -0.0874. The topological polar surface area (TPSA) is 84.1 Å². The fraction of sp³-hybridized carbons (Fsp3) is 0.440. The first-order valence-corrected chi connectivity index (χ1v) is 11.4. The van der Waals surface area contributed by atoms with E-state index in [0.29, 0.717) is 5.56 Å². The Morgan fingerprint density at radius 1 is 1.12 bits per heavy atom. The van der Waals surface area contributed by atoms with E-state index in [1.807, 2.05) is 18.2 Å². The maximum atomic E-state index is 13.9. The highest BCUT2D eigenvalue weighted by Gasteiger charge is 2.33. The molecule has 0 saturated carbocycles. The molecular weight excluding hydrogens is 445 g/mol. The first kappa shape index (κ1) is 25.6. The molecule has 0 bridgehead atoms. The van der Waals surface area contributed by atoms with Gasteiger partial charge < -0.3 is 10.7 Å². The number of H-pyrrole nitrogens is 1. The zero-order valence-corrected chi connectivity index (χ0v) is 19.8. The Balaban J connectivity index is 2.22. The fourth-order valence-corrected chi connectivity index (χ4v) is 4.19. The van der Waals surface area contributed by atoms with Gasteiger partial charge in [-0.25, -0.2) is 0 Å². The van der Waals surface area contributed by atoms with Crippen molar-refractivity contribution in [3.8, 4) is 0 Å². The van der Waals surface area contributed by atoms with Gasteiger partial charge in [-0.15, -0.1) is 0 Å². The first-order valence-electron chi connectivity index (χ1n) is 11.4. The van der Waals surface area contributed by atoms with Gasteiger partial charge in [-0.3, -0.25) is 19.1 Å². The SMILES string of the molecule is CC/C(C)=C(/C=c1\c(=C(/C)N)[nH]c(=O)c(=O)n1Cc1cccc(CN2CCCC2)c1)C(F)(F)F. The number of nitrogens with zero attached hydrogens (tertiary/aromatic N) is 2. The minimum absolute atomic E-state index is 0.00322. The normalized spacial score (nSPS) is 17.2. The maximum absolute atomic E-state index is 13.9. The van der Waals surface area contributed by atoms with Crippen molar-refractivity contribution < 1.29 is 13.2 Å². The van der Waals surface area contributed by atoms with Crippen LogP contribution in [0.25, 0.3) is 11.8 Å². The average molecular weight is 477 g/mol. The molecule has 1 aliphatic heterocycles. The van der Waals surface area contributed by atoms with Gasteiger partial charge >= 0.3 is 17.3 Å². The first-order chi connectivity index (χ1) is 16.0. The standard InChI is InChI=1S/C25H31F3N4O2/c1-4-16(2)20(25(26,27)28)13-21-22(17(3)29)30-23(33)24(34)32(21)15-19-9-7-8-18(12-19)14-31-10-5-6-11-31/h7-9,12-13H,4-6,10-11,14-15,29H2,1-3H3,(H,30,33)/b20-16-,21-13+,22-17-. The van der Waals surface area contributed by atoms with Crippen molar-refractivity contribution in [2.45, 2.75) is 59.3 Å². The lowest BCUT2D eigenvalue weighted by atomic mass is 10.1. The minimum atomic E-state index is -4.63. The van der Waals surface area contributed by atoms with E-state index in [1.54, 1.807) is 13.0 Å². The minimum Gasteiger partial charge on any atom is -0.401 e. The van der Waals surface area contributed by atoms with Crippen LogP contribution in [0.3, 0.4) is 0 Å². The number of rotatable bonds is 6. The third kappa shape index (κ3) is 5.88. The summed E-state index contributed by atoms with van der Waals surface area (Å²) in [5.74, 6) is 0. The molecule has 0 aliphatic carbocycles. The Morgan fingerprint density at radius 2 is 1.74 bits per heavy atom. The second-order valence-electron chi connectivity index (χ2n) is 8.78. The summed E-state index contributed by atoms with van der Waals surface area (Å²) in [6.45, 7) is 7.24. The van der Waals surface area contributed by atoms with Crippen LogP contribution in [0.1, 0.15) is 51.2 Å². The monoisotopic (exact) mass is 476 g/mol. The number of aromatic amines is 1. The molecule has 3 rings (SSSR count). The molecule has 0 atom stereocenters. The van der Waals surface area contributed by atoms with Crippen LogP contribution in [0.5, 0.6) is 0 Å². The molecule has 2 aromatic rings. The molecule has 6 nitrogen and oxygen atoms in total. The van der Waals surface area contributed by atoms with Gasteiger partial charge in [-0.2, -0.15) is 13.2 Å². The molecule has 2 heterocycles. The largest absolute Gasteiger partial charge is 0.416 e. The quantitative estimate of drug-likeness (QED) is 0.627.